The van der Waals surface area contributed by atoms with E-state index < -0.39 is 0 Å². The van der Waals surface area contributed by atoms with Crippen LogP contribution in [-0.2, 0) is 0 Å². The summed E-state index contributed by atoms with van der Waals surface area (Å²) in [6.07, 6.45) is 0. The third-order valence-corrected chi connectivity index (χ3v) is 5.22. The number of imide groups is 2. The fourth-order valence-corrected chi connectivity index (χ4v) is 3.76. The fourth-order valence-electron chi connectivity index (χ4n) is 3.76. The standard InChI is InChI=1S/C24H20N2O4/c1-13(2)25-21(27)17-9-7-15(11-19(17)23(25)29)5-6-16-8-10-18-20(12-16)24(30)26(14(3)4)22(18)28/h7-14H,1-4H3. The molecule has 30 heavy (non-hydrogen) atoms. The van der Waals surface area contributed by atoms with Crippen molar-refractivity contribution >= 4 is 23.6 Å². The molecule has 2 aliphatic rings. The van der Waals surface area contributed by atoms with E-state index in [1.807, 2.05) is 0 Å². The van der Waals surface area contributed by atoms with Crippen LogP contribution >= 0.6 is 0 Å². The van der Waals surface area contributed by atoms with Gasteiger partial charge in [0.2, 0.25) is 0 Å². The van der Waals surface area contributed by atoms with Gasteiger partial charge in [-0.1, -0.05) is 11.8 Å². The van der Waals surface area contributed by atoms with E-state index in [1.165, 1.54) is 9.80 Å². The molecule has 0 atom stereocenters. The molecule has 2 aromatic rings. The highest BCUT2D eigenvalue weighted by Crippen LogP contribution is 2.27. The predicted molar refractivity (Wildman–Crippen MR) is 110 cm³/mol. The van der Waals surface area contributed by atoms with Crippen molar-refractivity contribution in [1.29, 1.82) is 0 Å². The smallest absolute Gasteiger partial charge is 0.261 e. The largest absolute Gasteiger partial charge is 0.272 e. The molecule has 150 valence electrons. The molecule has 0 aromatic heterocycles. The van der Waals surface area contributed by atoms with E-state index in [4.69, 9.17) is 0 Å². The SMILES string of the molecule is CC(C)N1C(=O)c2ccc(C#Cc3ccc4c(c3)C(=O)N(C(C)C)C4=O)cc2C1=O. The van der Waals surface area contributed by atoms with Crippen molar-refractivity contribution in [2.24, 2.45) is 0 Å². The summed E-state index contributed by atoms with van der Waals surface area (Å²) < 4.78 is 0. The molecular weight excluding hydrogens is 380 g/mol. The zero-order chi connectivity index (χ0) is 21.7. The first kappa shape index (κ1) is 19.6. The van der Waals surface area contributed by atoms with E-state index in [0.717, 1.165) is 0 Å². The Morgan fingerprint density at radius 1 is 0.567 bits per heavy atom. The monoisotopic (exact) mass is 400 g/mol. The molecule has 0 spiro atoms. The zero-order valence-electron chi connectivity index (χ0n) is 17.1. The lowest BCUT2D eigenvalue weighted by Crippen LogP contribution is -2.35. The quantitative estimate of drug-likeness (QED) is 0.574. The van der Waals surface area contributed by atoms with Crippen LogP contribution in [0.1, 0.15) is 80.3 Å². The minimum atomic E-state index is -0.316. The molecule has 2 aromatic carbocycles. The van der Waals surface area contributed by atoms with E-state index in [0.29, 0.717) is 33.4 Å². The first-order valence-electron chi connectivity index (χ1n) is 9.76. The van der Waals surface area contributed by atoms with Gasteiger partial charge in [-0.05, 0) is 64.1 Å². The first-order chi connectivity index (χ1) is 14.2. The molecule has 0 saturated carbocycles. The van der Waals surface area contributed by atoms with Crippen molar-refractivity contribution in [3.8, 4) is 11.8 Å². The number of rotatable bonds is 2. The zero-order valence-corrected chi connectivity index (χ0v) is 17.1. The first-order valence-corrected chi connectivity index (χ1v) is 9.76. The third-order valence-electron chi connectivity index (χ3n) is 5.22. The van der Waals surface area contributed by atoms with Crippen LogP contribution in [0.15, 0.2) is 36.4 Å². The number of carbonyl (C=O) groups excluding carboxylic acids is 4. The van der Waals surface area contributed by atoms with Crippen LogP contribution in [0.4, 0.5) is 0 Å². The Kier molecular flexibility index (Phi) is 4.54. The molecule has 4 amide bonds. The summed E-state index contributed by atoms with van der Waals surface area (Å²) in [4.78, 5) is 52.3. The van der Waals surface area contributed by atoms with Gasteiger partial charge in [0, 0.05) is 23.2 Å². The highest BCUT2D eigenvalue weighted by molar-refractivity contribution is 6.22. The Hall–Kier alpha value is -3.72. The summed E-state index contributed by atoms with van der Waals surface area (Å²) in [6.45, 7) is 7.18. The summed E-state index contributed by atoms with van der Waals surface area (Å²) in [5.41, 5.74) is 2.65. The molecule has 0 saturated heterocycles. The molecule has 2 heterocycles. The van der Waals surface area contributed by atoms with Crippen molar-refractivity contribution < 1.29 is 19.2 Å². The summed E-state index contributed by atoms with van der Waals surface area (Å²) >= 11 is 0. The van der Waals surface area contributed by atoms with Crippen molar-refractivity contribution in [3.63, 3.8) is 0 Å². The number of nitrogens with zero attached hydrogens (tertiary/aromatic N) is 2. The number of carbonyl (C=O) groups is 4. The number of hydrogen-bond donors (Lipinski definition) is 0. The normalized spacial score (nSPS) is 15.1. The van der Waals surface area contributed by atoms with E-state index in [-0.39, 0.29) is 35.7 Å². The Morgan fingerprint density at radius 3 is 1.23 bits per heavy atom. The molecule has 0 bridgehead atoms. The van der Waals surface area contributed by atoms with Gasteiger partial charge in [-0.2, -0.15) is 0 Å². The Balaban J connectivity index is 1.65. The van der Waals surface area contributed by atoms with Crippen LogP contribution in [0, 0.1) is 11.8 Å². The van der Waals surface area contributed by atoms with Gasteiger partial charge < -0.3 is 0 Å². The van der Waals surface area contributed by atoms with Crippen molar-refractivity contribution in [2.75, 3.05) is 0 Å². The van der Waals surface area contributed by atoms with Gasteiger partial charge in [-0.3, -0.25) is 29.0 Å². The second kappa shape index (κ2) is 6.96. The molecule has 0 N–H and O–H groups in total. The summed E-state index contributed by atoms with van der Waals surface area (Å²) in [5, 5.41) is 0. The minimum absolute atomic E-state index is 0.219. The van der Waals surface area contributed by atoms with E-state index >= 15 is 0 Å². The minimum Gasteiger partial charge on any atom is -0.272 e. The van der Waals surface area contributed by atoms with Gasteiger partial charge in [0.05, 0.1) is 22.3 Å². The van der Waals surface area contributed by atoms with E-state index in [1.54, 1.807) is 64.1 Å². The van der Waals surface area contributed by atoms with Crippen LogP contribution < -0.4 is 0 Å². The fraction of sp³-hybridized carbons (Fsp3) is 0.250. The van der Waals surface area contributed by atoms with Crippen molar-refractivity contribution in [3.05, 3.63) is 69.8 Å². The van der Waals surface area contributed by atoms with Crippen LogP contribution in [0.5, 0.6) is 0 Å². The highest BCUT2D eigenvalue weighted by atomic mass is 16.2. The lowest BCUT2D eigenvalue weighted by molar-refractivity contribution is 0.0592. The molecular formula is C24H20N2O4. The number of fused-ring (bicyclic) bond motifs is 2. The van der Waals surface area contributed by atoms with Crippen LogP contribution in [-0.4, -0.2) is 45.5 Å². The summed E-state index contributed by atoms with van der Waals surface area (Å²) in [7, 11) is 0. The Bertz CT molecular complexity index is 1110. The topological polar surface area (TPSA) is 74.8 Å². The third kappa shape index (κ3) is 2.91. The van der Waals surface area contributed by atoms with Gasteiger partial charge in [0.25, 0.3) is 23.6 Å². The maximum absolute atomic E-state index is 12.5. The second-order valence-electron chi connectivity index (χ2n) is 7.92. The molecule has 0 aliphatic carbocycles. The summed E-state index contributed by atoms with van der Waals surface area (Å²) in [5.74, 6) is 4.75. The molecule has 0 fully saturated rings. The average molecular weight is 400 g/mol. The molecule has 6 nitrogen and oxygen atoms in total. The molecule has 6 heteroatoms. The van der Waals surface area contributed by atoms with Crippen LogP contribution in [0.2, 0.25) is 0 Å². The Morgan fingerprint density at radius 2 is 0.900 bits per heavy atom. The lowest BCUT2D eigenvalue weighted by atomic mass is 10.0. The molecule has 0 unspecified atom stereocenters. The number of hydrogen-bond acceptors (Lipinski definition) is 4. The van der Waals surface area contributed by atoms with E-state index in [2.05, 4.69) is 11.8 Å². The van der Waals surface area contributed by atoms with Gasteiger partial charge in [0.1, 0.15) is 0 Å². The lowest BCUT2D eigenvalue weighted by Gasteiger charge is -2.17. The average Bonchev–Trinajstić information content (AvgIpc) is 3.10. The summed E-state index contributed by atoms with van der Waals surface area (Å²) in [6, 6.07) is 9.43. The maximum atomic E-state index is 12.5. The van der Waals surface area contributed by atoms with Crippen molar-refractivity contribution in [2.45, 2.75) is 39.8 Å². The van der Waals surface area contributed by atoms with Crippen molar-refractivity contribution in [1.82, 2.24) is 9.80 Å². The van der Waals surface area contributed by atoms with Gasteiger partial charge in [-0.25, -0.2) is 0 Å². The number of benzene rings is 2. The van der Waals surface area contributed by atoms with Gasteiger partial charge in [-0.15, -0.1) is 0 Å². The van der Waals surface area contributed by atoms with Crippen LogP contribution in [0.3, 0.4) is 0 Å². The van der Waals surface area contributed by atoms with E-state index in [9.17, 15) is 19.2 Å². The van der Waals surface area contributed by atoms with Gasteiger partial charge in [0.15, 0.2) is 0 Å². The molecule has 4 rings (SSSR count). The predicted octanol–water partition coefficient (Wildman–Crippen LogP) is 3.10. The highest BCUT2D eigenvalue weighted by Gasteiger charge is 2.38. The van der Waals surface area contributed by atoms with Crippen LogP contribution in [0.25, 0.3) is 0 Å². The molecule has 2 aliphatic heterocycles. The second-order valence-corrected chi connectivity index (χ2v) is 7.92. The van der Waals surface area contributed by atoms with Gasteiger partial charge >= 0.3 is 0 Å². The molecule has 0 radical (unpaired) electrons. The number of amides is 4. The Labute approximate surface area is 174 Å². The maximum Gasteiger partial charge on any atom is 0.261 e.